The Hall–Kier alpha value is -1.63. The maximum Gasteiger partial charge on any atom is 0.191 e. The van der Waals surface area contributed by atoms with E-state index in [1.54, 1.807) is 0 Å². The van der Waals surface area contributed by atoms with Crippen LogP contribution in [0.3, 0.4) is 0 Å². The highest BCUT2D eigenvalue weighted by molar-refractivity contribution is 5.80. The molecule has 3 N–H and O–H groups in total. The monoisotopic (exact) mass is 390 g/mol. The van der Waals surface area contributed by atoms with Crippen LogP contribution in [-0.4, -0.2) is 67.4 Å². The second-order valence-electron chi connectivity index (χ2n) is 7.52. The van der Waals surface area contributed by atoms with Gasteiger partial charge in [-0.15, -0.1) is 0 Å². The van der Waals surface area contributed by atoms with Gasteiger partial charge in [-0.3, -0.25) is 4.99 Å². The van der Waals surface area contributed by atoms with Gasteiger partial charge in [0.15, 0.2) is 5.96 Å². The Morgan fingerprint density at radius 1 is 1.25 bits per heavy atom. The summed E-state index contributed by atoms with van der Waals surface area (Å²) < 4.78 is 5.80. The molecule has 28 heavy (non-hydrogen) atoms. The van der Waals surface area contributed by atoms with Crippen molar-refractivity contribution in [1.82, 2.24) is 15.5 Å². The van der Waals surface area contributed by atoms with Crippen LogP contribution >= 0.6 is 0 Å². The summed E-state index contributed by atoms with van der Waals surface area (Å²) in [7, 11) is 0. The highest BCUT2D eigenvalue weighted by atomic mass is 16.5. The molecule has 6 heteroatoms. The number of nitrogens with zero attached hydrogens (tertiary/aromatic N) is 2. The van der Waals surface area contributed by atoms with E-state index in [4.69, 9.17) is 4.74 Å². The van der Waals surface area contributed by atoms with Crippen LogP contribution in [0.15, 0.2) is 35.3 Å². The summed E-state index contributed by atoms with van der Waals surface area (Å²) in [6, 6.07) is 10.5. The van der Waals surface area contributed by atoms with Crippen molar-refractivity contribution in [1.29, 1.82) is 0 Å². The topological polar surface area (TPSA) is 69.1 Å². The number of likely N-dealkylation sites (tertiary alicyclic amines) is 1. The summed E-state index contributed by atoms with van der Waals surface area (Å²) in [5, 5.41) is 17.1. The fourth-order valence-corrected chi connectivity index (χ4v) is 3.46. The van der Waals surface area contributed by atoms with Gasteiger partial charge in [0, 0.05) is 25.7 Å². The number of hydrogen-bond donors (Lipinski definition) is 3. The number of aliphatic imine (C=N–C) groups is 1. The van der Waals surface area contributed by atoms with Crippen molar-refractivity contribution in [3.05, 3.63) is 35.9 Å². The number of benzene rings is 1. The molecule has 6 nitrogen and oxygen atoms in total. The minimum Gasteiger partial charge on any atom is -0.389 e. The molecule has 2 rings (SSSR count). The van der Waals surface area contributed by atoms with Gasteiger partial charge in [-0.05, 0) is 45.2 Å². The lowest BCUT2D eigenvalue weighted by molar-refractivity contribution is 0.00111. The lowest BCUT2D eigenvalue weighted by Crippen LogP contribution is -2.49. The van der Waals surface area contributed by atoms with E-state index in [2.05, 4.69) is 34.4 Å². The van der Waals surface area contributed by atoms with Crippen LogP contribution < -0.4 is 10.6 Å². The van der Waals surface area contributed by atoms with Crippen molar-refractivity contribution < 1.29 is 9.84 Å². The van der Waals surface area contributed by atoms with Gasteiger partial charge in [-0.2, -0.15) is 0 Å². The first-order valence-electron chi connectivity index (χ1n) is 10.7. The summed E-state index contributed by atoms with van der Waals surface area (Å²) >= 11 is 0. The zero-order chi connectivity index (χ0) is 20.2. The molecule has 1 aliphatic rings. The molecule has 0 aliphatic carbocycles. The van der Waals surface area contributed by atoms with Crippen LogP contribution in [0.2, 0.25) is 0 Å². The van der Waals surface area contributed by atoms with E-state index in [-0.39, 0.29) is 12.7 Å². The first-order chi connectivity index (χ1) is 13.6. The highest BCUT2D eigenvalue weighted by Gasteiger charge is 2.19. The van der Waals surface area contributed by atoms with Crippen LogP contribution in [0.1, 0.15) is 51.7 Å². The Labute approximate surface area is 170 Å². The number of aliphatic hydroxyl groups excluding tert-OH is 1. The molecule has 2 unspecified atom stereocenters. The van der Waals surface area contributed by atoms with Gasteiger partial charge >= 0.3 is 0 Å². The van der Waals surface area contributed by atoms with Gasteiger partial charge in [-0.25, -0.2) is 0 Å². The first kappa shape index (κ1) is 22.7. The van der Waals surface area contributed by atoms with Crippen molar-refractivity contribution in [2.24, 2.45) is 4.99 Å². The molecule has 1 aliphatic heterocycles. The first-order valence-corrected chi connectivity index (χ1v) is 10.7. The maximum atomic E-state index is 10.3. The number of rotatable bonds is 10. The van der Waals surface area contributed by atoms with Gasteiger partial charge in [0.25, 0.3) is 0 Å². The van der Waals surface area contributed by atoms with E-state index in [1.165, 1.54) is 13.0 Å². The van der Waals surface area contributed by atoms with Gasteiger partial charge < -0.3 is 25.4 Å². The van der Waals surface area contributed by atoms with Gasteiger partial charge in [0.2, 0.25) is 0 Å². The molecule has 158 valence electrons. The number of guanidine groups is 1. The Morgan fingerprint density at radius 2 is 1.96 bits per heavy atom. The SMILES string of the molecule is CCCN1CCC(NC(=NCC(O)COC(C)c2ccccc2)NCC)CC1. The van der Waals surface area contributed by atoms with Crippen LogP contribution in [0, 0.1) is 0 Å². The molecule has 1 saturated heterocycles. The fourth-order valence-electron chi connectivity index (χ4n) is 3.46. The molecule has 0 amide bonds. The van der Waals surface area contributed by atoms with E-state index in [1.807, 2.05) is 37.3 Å². The van der Waals surface area contributed by atoms with Crippen LogP contribution in [-0.2, 0) is 4.74 Å². The standard InChI is InChI=1S/C22H38N4O2/c1-4-13-26-14-11-20(12-15-26)25-22(23-5-2)24-16-21(27)17-28-18(3)19-9-7-6-8-10-19/h6-10,18,20-21,27H,4-5,11-17H2,1-3H3,(H2,23,24,25). The Morgan fingerprint density at radius 3 is 2.61 bits per heavy atom. The second kappa shape index (κ2) is 12.8. The Kier molecular flexibility index (Phi) is 10.3. The lowest BCUT2D eigenvalue weighted by Gasteiger charge is -2.32. The van der Waals surface area contributed by atoms with Gasteiger partial charge in [0.1, 0.15) is 0 Å². The molecule has 0 bridgehead atoms. The molecule has 1 fully saturated rings. The van der Waals surface area contributed by atoms with Crippen molar-refractivity contribution in [2.45, 2.75) is 58.3 Å². The number of ether oxygens (including phenoxy) is 1. The maximum absolute atomic E-state index is 10.3. The molecule has 1 heterocycles. The largest absolute Gasteiger partial charge is 0.389 e. The highest BCUT2D eigenvalue weighted by Crippen LogP contribution is 2.16. The van der Waals surface area contributed by atoms with Crippen LogP contribution in [0.25, 0.3) is 0 Å². The minimum atomic E-state index is -0.618. The molecule has 0 radical (unpaired) electrons. The third-order valence-corrected chi connectivity index (χ3v) is 5.08. The van der Waals surface area contributed by atoms with Crippen molar-refractivity contribution in [2.75, 3.05) is 39.3 Å². The summed E-state index contributed by atoms with van der Waals surface area (Å²) in [5.41, 5.74) is 1.11. The predicted molar refractivity (Wildman–Crippen MR) is 116 cm³/mol. The van der Waals surface area contributed by atoms with E-state index < -0.39 is 6.10 Å². The van der Waals surface area contributed by atoms with E-state index in [9.17, 15) is 5.11 Å². The zero-order valence-corrected chi connectivity index (χ0v) is 17.7. The van der Waals surface area contributed by atoms with E-state index >= 15 is 0 Å². The average Bonchev–Trinajstić information content (AvgIpc) is 2.72. The quantitative estimate of drug-likeness (QED) is 0.423. The summed E-state index contributed by atoms with van der Waals surface area (Å²) in [6.45, 7) is 11.2. The minimum absolute atomic E-state index is 0.0421. The molecule has 1 aromatic carbocycles. The van der Waals surface area contributed by atoms with E-state index in [0.29, 0.717) is 12.6 Å². The lowest BCUT2D eigenvalue weighted by atomic mass is 10.1. The summed E-state index contributed by atoms with van der Waals surface area (Å²) in [5.74, 6) is 0.784. The van der Waals surface area contributed by atoms with Crippen LogP contribution in [0.5, 0.6) is 0 Å². The molecule has 1 aromatic rings. The molecule has 0 spiro atoms. The predicted octanol–water partition coefficient (Wildman–Crippen LogP) is 2.55. The Bertz CT molecular complexity index is 559. The normalized spacial score (nSPS) is 18.6. The number of piperidine rings is 1. The van der Waals surface area contributed by atoms with E-state index in [0.717, 1.165) is 44.0 Å². The zero-order valence-electron chi connectivity index (χ0n) is 17.7. The third-order valence-electron chi connectivity index (χ3n) is 5.08. The molecular formula is C22H38N4O2. The summed E-state index contributed by atoms with van der Waals surface area (Å²) in [4.78, 5) is 7.09. The second-order valence-corrected chi connectivity index (χ2v) is 7.52. The summed E-state index contributed by atoms with van der Waals surface area (Å²) in [6.07, 6.45) is 2.81. The molecule has 0 saturated carbocycles. The Balaban J connectivity index is 1.75. The fraction of sp³-hybridized carbons (Fsp3) is 0.682. The van der Waals surface area contributed by atoms with Gasteiger partial charge in [0.05, 0.1) is 25.4 Å². The van der Waals surface area contributed by atoms with Crippen molar-refractivity contribution >= 4 is 5.96 Å². The molecular weight excluding hydrogens is 352 g/mol. The smallest absolute Gasteiger partial charge is 0.191 e. The number of aliphatic hydroxyl groups is 1. The van der Waals surface area contributed by atoms with Crippen molar-refractivity contribution in [3.63, 3.8) is 0 Å². The third kappa shape index (κ3) is 8.17. The van der Waals surface area contributed by atoms with Crippen LogP contribution in [0.4, 0.5) is 0 Å². The molecule has 0 aromatic heterocycles. The van der Waals surface area contributed by atoms with Crippen molar-refractivity contribution in [3.8, 4) is 0 Å². The molecule has 2 atom stereocenters. The number of hydrogen-bond acceptors (Lipinski definition) is 4. The average molecular weight is 391 g/mol. The number of nitrogens with one attached hydrogen (secondary N) is 2. The van der Waals surface area contributed by atoms with Gasteiger partial charge in [-0.1, -0.05) is 37.3 Å².